The Morgan fingerprint density at radius 2 is 2.33 bits per heavy atom. The van der Waals surface area contributed by atoms with Crippen LogP contribution in [0.15, 0.2) is 18.2 Å². The molecule has 2 heterocycles. The first-order valence-corrected chi connectivity index (χ1v) is 5.60. The molecule has 0 aliphatic carbocycles. The van der Waals surface area contributed by atoms with Gasteiger partial charge in [0.05, 0.1) is 6.61 Å². The molecule has 1 aromatic rings. The third-order valence-corrected chi connectivity index (χ3v) is 3.28. The lowest BCUT2D eigenvalue weighted by Gasteiger charge is -2.20. The smallest absolute Gasteiger partial charge is 0.124 e. The second kappa shape index (κ2) is 3.42. The third kappa shape index (κ3) is 1.47. The van der Waals surface area contributed by atoms with Crippen molar-refractivity contribution in [1.29, 1.82) is 0 Å². The SMILES string of the molecule is N[C@H]1CCN(c2cccc3c2CCO3)C1. The minimum Gasteiger partial charge on any atom is -0.493 e. The van der Waals surface area contributed by atoms with Gasteiger partial charge in [0.1, 0.15) is 5.75 Å². The van der Waals surface area contributed by atoms with Crippen LogP contribution in [0.1, 0.15) is 12.0 Å². The van der Waals surface area contributed by atoms with Gasteiger partial charge in [0, 0.05) is 36.8 Å². The highest BCUT2D eigenvalue weighted by Crippen LogP contribution is 2.34. The molecule has 3 rings (SSSR count). The van der Waals surface area contributed by atoms with Crippen LogP contribution in [0, 0.1) is 0 Å². The molecule has 0 unspecified atom stereocenters. The van der Waals surface area contributed by atoms with Gasteiger partial charge >= 0.3 is 0 Å². The summed E-state index contributed by atoms with van der Waals surface area (Å²) < 4.78 is 5.57. The quantitative estimate of drug-likeness (QED) is 0.746. The number of fused-ring (bicyclic) bond motifs is 1. The second-order valence-electron chi connectivity index (χ2n) is 4.35. The van der Waals surface area contributed by atoms with Crippen molar-refractivity contribution in [2.24, 2.45) is 5.73 Å². The maximum Gasteiger partial charge on any atom is 0.124 e. The van der Waals surface area contributed by atoms with E-state index >= 15 is 0 Å². The average molecular weight is 204 g/mol. The molecule has 80 valence electrons. The zero-order valence-corrected chi connectivity index (χ0v) is 8.78. The molecule has 1 saturated heterocycles. The number of anilines is 1. The largest absolute Gasteiger partial charge is 0.493 e. The van der Waals surface area contributed by atoms with Gasteiger partial charge in [-0.25, -0.2) is 0 Å². The summed E-state index contributed by atoms with van der Waals surface area (Å²) >= 11 is 0. The Morgan fingerprint density at radius 1 is 1.40 bits per heavy atom. The lowest BCUT2D eigenvalue weighted by molar-refractivity contribution is 0.357. The molecular weight excluding hydrogens is 188 g/mol. The molecule has 1 atom stereocenters. The number of ether oxygens (including phenoxy) is 1. The van der Waals surface area contributed by atoms with Crippen LogP contribution in [0.4, 0.5) is 5.69 Å². The highest BCUT2D eigenvalue weighted by atomic mass is 16.5. The van der Waals surface area contributed by atoms with E-state index in [1.165, 1.54) is 11.3 Å². The van der Waals surface area contributed by atoms with Crippen LogP contribution in [-0.2, 0) is 6.42 Å². The van der Waals surface area contributed by atoms with Gasteiger partial charge < -0.3 is 15.4 Å². The number of hydrogen-bond acceptors (Lipinski definition) is 3. The lowest BCUT2D eigenvalue weighted by Crippen LogP contribution is -2.26. The molecule has 15 heavy (non-hydrogen) atoms. The second-order valence-corrected chi connectivity index (χ2v) is 4.35. The minimum atomic E-state index is 0.336. The third-order valence-electron chi connectivity index (χ3n) is 3.28. The predicted molar refractivity (Wildman–Crippen MR) is 60.4 cm³/mol. The van der Waals surface area contributed by atoms with Crippen LogP contribution in [0.5, 0.6) is 5.75 Å². The fourth-order valence-electron chi connectivity index (χ4n) is 2.51. The summed E-state index contributed by atoms with van der Waals surface area (Å²) in [5, 5.41) is 0. The maximum atomic E-state index is 5.93. The molecule has 1 aromatic carbocycles. The molecule has 0 aromatic heterocycles. The van der Waals surface area contributed by atoms with Crippen molar-refractivity contribution in [1.82, 2.24) is 0 Å². The summed E-state index contributed by atoms with van der Waals surface area (Å²) in [6.07, 6.45) is 2.14. The summed E-state index contributed by atoms with van der Waals surface area (Å²) in [4.78, 5) is 2.39. The molecule has 1 fully saturated rings. The van der Waals surface area contributed by atoms with Gasteiger partial charge in [-0.15, -0.1) is 0 Å². The molecule has 3 heteroatoms. The summed E-state index contributed by atoms with van der Waals surface area (Å²) in [6.45, 7) is 2.89. The Bertz CT molecular complexity index is 378. The molecule has 3 nitrogen and oxygen atoms in total. The van der Waals surface area contributed by atoms with Crippen LogP contribution in [0.25, 0.3) is 0 Å². The zero-order valence-electron chi connectivity index (χ0n) is 8.78. The van der Waals surface area contributed by atoms with Gasteiger partial charge in [-0.2, -0.15) is 0 Å². The number of rotatable bonds is 1. The first-order chi connectivity index (χ1) is 7.34. The zero-order chi connectivity index (χ0) is 10.3. The Balaban J connectivity index is 1.95. The maximum absolute atomic E-state index is 5.93. The molecule has 2 aliphatic heterocycles. The van der Waals surface area contributed by atoms with Crippen molar-refractivity contribution in [2.45, 2.75) is 18.9 Å². The molecule has 0 spiro atoms. The minimum absolute atomic E-state index is 0.336. The van der Waals surface area contributed by atoms with Crippen molar-refractivity contribution >= 4 is 5.69 Å². The van der Waals surface area contributed by atoms with Crippen LogP contribution in [-0.4, -0.2) is 25.7 Å². The van der Waals surface area contributed by atoms with Crippen molar-refractivity contribution in [3.8, 4) is 5.75 Å². The van der Waals surface area contributed by atoms with Crippen molar-refractivity contribution in [3.63, 3.8) is 0 Å². The summed E-state index contributed by atoms with van der Waals surface area (Å²) in [5.74, 6) is 1.06. The molecule has 0 saturated carbocycles. The van der Waals surface area contributed by atoms with Crippen LogP contribution >= 0.6 is 0 Å². The summed E-state index contributed by atoms with van der Waals surface area (Å²) in [5.41, 5.74) is 8.63. The lowest BCUT2D eigenvalue weighted by atomic mass is 10.1. The van der Waals surface area contributed by atoms with Crippen LogP contribution in [0.2, 0.25) is 0 Å². The standard InChI is InChI=1S/C12H16N2O/c13-9-4-6-14(8-9)11-2-1-3-12-10(11)5-7-15-12/h1-3,9H,4-8,13H2/t9-/m0/s1. The van der Waals surface area contributed by atoms with E-state index in [1.54, 1.807) is 0 Å². The van der Waals surface area contributed by atoms with Crippen molar-refractivity contribution in [2.75, 3.05) is 24.6 Å². The van der Waals surface area contributed by atoms with Gasteiger partial charge in [-0.05, 0) is 18.6 Å². The Morgan fingerprint density at radius 3 is 3.13 bits per heavy atom. The Hall–Kier alpha value is -1.22. The van der Waals surface area contributed by atoms with Crippen LogP contribution in [0.3, 0.4) is 0 Å². The van der Waals surface area contributed by atoms with Gasteiger partial charge in [-0.3, -0.25) is 0 Å². The van der Waals surface area contributed by atoms with E-state index in [-0.39, 0.29) is 0 Å². The number of benzene rings is 1. The summed E-state index contributed by atoms with van der Waals surface area (Å²) in [6, 6.07) is 6.65. The number of nitrogens with zero attached hydrogens (tertiary/aromatic N) is 1. The topological polar surface area (TPSA) is 38.5 Å². The molecule has 0 amide bonds. The van der Waals surface area contributed by atoms with E-state index in [0.717, 1.165) is 38.3 Å². The van der Waals surface area contributed by atoms with Gasteiger partial charge in [0.25, 0.3) is 0 Å². The van der Waals surface area contributed by atoms with Crippen molar-refractivity contribution in [3.05, 3.63) is 23.8 Å². The highest BCUT2D eigenvalue weighted by molar-refractivity contribution is 5.61. The number of hydrogen-bond donors (Lipinski definition) is 1. The predicted octanol–water partition coefficient (Wildman–Crippen LogP) is 1.16. The van der Waals surface area contributed by atoms with Crippen LogP contribution < -0.4 is 15.4 Å². The van der Waals surface area contributed by atoms with E-state index in [1.807, 2.05) is 0 Å². The van der Waals surface area contributed by atoms with Crippen molar-refractivity contribution < 1.29 is 4.74 Å². The molecular formula is C12H16N2O. The average Bonchev–Trinajstić information content (AvgIpc) is 2.84. The Labute approximate surface area is 89.8 Å². The van der Waals surface area contributed by atoms with Gasteiger partial charge in [-0.1, -0.05) is 6.07 Å². The molecule has 0 radical (unpaired) electrons. The van der Waals surface area contributed by atoms with E-state index in [4.69, 9.17) is 10.5 Å². The normalized spacial score (nSPS) is 24.1. The molecule has 2 aliphatic rings. The van der Waals surface area contributed by atoms with Gasteiger partial charge in [0.2, 0.25) is 0 Å². The summed E-state index contributed by atoms with van der Waals surface area (Å²) in [7, 11) is 0. The van der Waals surface area contributed by atoms with E-state index in [0.29, 0.717) is 6.04 Å². The first-order valence-electron chi connectivity index (χ1n) is 5.60. The van der Waals surface area contributed by atoms with E-state index in [9.17, 15) is 0 Å². The van der Waals surface area contributed by atoms with E-state index in [2.05, 4.69) is 23.1 Å². The first kappa shape index (κ1) is 9.04. The van der Waals surface area contributed by atoms with Gasteiger partial charge in [0.15, 0.2) is 0 Å². The highest BCUT2D eigenvalue weighted by Gasteiger charge is 2.24. The fourth-order valence-corrected chi connectivity index (χ4v) is 2.51. The fraction of sp³-hybridized carbons (Fsp3) is 0.500. The van der Waals surface area contributed by atoms with E-state index < -0.39 is 0 Å². The number of nitrogens with two attached hydrogens (primary N) is 1. The monoisotopic (exact) mass is 204 g/mol. The Kier molecular flexibility index (Phi) is 2.06. The molecule has 2 N–H and O–H groups in total. The molecule has 0 bridgehead atoms.